The van der Waals surface area contributed by atoms with Crippen molar-refractivity contribution in [2.24, 2.45) is 0 Å². The summed E-state index contributed by atoms with van der Waals surface area (Å²) in [5, 5.41) is 13.9. The van der Waals surface area contributed by atoms with E-state index in [2.05, 4.69) is 22.3 Å². The third-order valence-corrected chi connectivity index (χ3v) is 4.64. The van der Waals surface area contributed by atoms with Crippen molar-refractivity contribution < 1.29 is 5.11 Å². The highest BCUT2D eigenvalue weighted by atomic mass is 35.5. The number of piperidine rings is 1. The van der Waals surface area contributed by atoms with Gasteiger partial charge < -0.3 is 15.3 Å². The second kappa shape index (κ2) is 5.31. The minimum Gasteiger partial charge on any atom is -0.393 e. The van der Waals surface area contributed by atoms with Crippen LogP contribution in [0.5, 0.6) is 0 Å². The zero-order valence-corrected chi connectivity index (χ0v) is 12.0. The summed E-state index contributed by atoms with van der Waals surface area (Å²) in [6.45, 7) is 0.852. The summed E-state index contributed by atoms with van der Waals surface area (Å²) < 4.78 is 0. The van der Waals surface area contributed by atoms with Gasteiger partial charge in [0.1, 0.15) is 0 Å². The number of fused-ring (bicyclic) bond motifs is 2. The third kappa shape index (κ3) is 2.47. The first-order valence-corrected chi connectivity index (χ1v) is 7.46. The van der Waals surface area contributed by atoms with Crippen LogP contribution >= 0.6 is 11.6 Å². The van der Waals surface area contributed by atoms with Gasteiger partial charge in [-0.05, 0) is 50.4 Å². The molecule has 4 heteroatoms. The topological polar surface area (TPSA) is 35.5 Å². The number of hydrogen-bond donors (Lipinski definition) is 2. The predicted octanol–water partition coefficient (Wildman–Crippen LogP) is 2.55. The van der Waals surface area contributed by atoms with Gasteiger partial charge in [-0.1, -0.05) is 17.7 Å². The number of benzene rings is 1. The van der Waals surface area contributed by atoms with E-state index >= 15 is 0 Å². The fourth-order valence-electron chi connectivity index (χ4n) is 3.66. The molecule has 1 aromatic rings. The van der Waals surface area contributed by atoms with Crippen molar-refractivity contribution in [1.29, 1.82) is 0 Å². The number of nitrogens with zero attached hydrogens (tertiary/aromatic N) is 1. The summed E-state index contributed by atoms with van der Waals surface area (Å²) in [7, 11) is 1.97. The second-order valence-electron chi connectivity index (χ2n) is 5.72. The van der Waals surface area contributed by atoms with Crippen LogP contribution in [0.25, 0.3) is 0 Å². The number of hydrogen-bond acceptors (Lipinski definition) is 3. The van der Waals surface area contributed by atoms with Crippen LogP contribution in [-0.2, 0) is 6.54 Å². The standard InChI is InChI=1S/C15H21ClN2O/c1-17-9-10-2-3-11(16)6-15(10)18-12-4-5-13(18)8-14(19)7-12/h2-3,6,12-14,17,19H,4-5,7-9H2,1H3. The van der Waals surface area contributed by atoms with Crippen molar-refractivity contribution in [3.8, 4) is 0 Å². The van der Waals surface area contributed by atoms with E-state index in [1.807, 2.05) is 13.1 Å². The maximum absolute atomic E-state index is 9.92. The number of anilines is 1. The fraction of sp³-hybridized carbons (Fsp3) is 0.600. The molecule has 2 aliphatic rings. The van der Waals surface area contributed by atoms with Gasteiger partial charge in [0, 0.05) is 29.3 Å². The van der Waals surface area contributed by atoms with E-state index in [0.29, 0.717) is 12.1 Å². The van der Waals surface area contributed by atoms with Crippen LogP contribution < -0.4 is 10.2 Å². The average molecular weight is 281 g/mol. The van der Waals surface area contributed by atoms with Gasteiger partial charge in [0.2, 0.25) is 0 Å². The van der Waals surface area contributed by atoms with Crippen LogP contribution in [0.3, 0.4) is 0 Å². The lowest BCUT2D eigenvalue weighted by atomic mass is 9.98. The Balaban J connectivity index is 1.95. The monoisotopic (exact) mass is 280 g/mol. The lowest BCUT2D eigenvalue weighted by molar-refractivity contribution is 0.126. The molecule has 0 spiro atoms. The molecule has 2 unspecified atom stereocenters. The van der Waals surface area contributed by atoms with Gasteiger partial charge in [0.15, 0.2) is 0 Å². The van der Waals surface area contributed by atoms with Crippen molar-refractivity contribution in [1.82, 2.24) is 5.32 Å². The molecule has 19 heavy (non-hydrogen) atoms. The molecular weight excluding hydrogens is 260 g/mol. The molecule has 2 heterocycles. The van der Waals surface area contributed by atoms with Gasteiger partial charge in [-0.2, -0.15) is 0 Å². The van der Waals surface area contributed by atoms with Crippen LogP contribution in [0.15, 0.2) is 18.2 Å². The molecule has 0 amide bonds. The highest BCUT2D eigenvalue weighted by Crippen LogP contribution is 2.41. The molecule has 3 rings (SSSR count). The lowest BCUT2D eigenvalue weighted by Gasteiger charge is -2.40. The van der Waals surface area contributed by atoms with Gasteiger partial charge >= 0.3 is 0 Å². The maximum atomic E-state index is 9.92. The van der Waals surface area contributed by atoms with Crippen LogP contribution in [0.4, 0.5) is 5.69 Å². The zero-order valence-electron chi connectivity index (χ0n) is 11.3. The second-order valence-corrected chi connectivity index (χ2v) is 6.16. The Bertz CT molecular complexity index is 451. The molecule has 3 nitrogen and oxygen atoms in total. The molecule has 0 saturated carbocycles. The Kier molecular flexibility index (Phi) is 3.70. The van der Waals surface area contributed by atoms with E-state index < -0.39 is 0 Å². The Labute approximate surface area is 119 Å². The van der Waals surface area contributed by atoms with E-state index in [-0.39, 0.29) is 6.10 Å². The molecular formula is C15H21ClN2O. The summed E-state index contributed by atoms with van der Waals surface area (Å²) >= 11 is 6.18. The quantitative estimate of drug-likeness (QED) is 0.893. The first-order chi connectivity index (χ1) is 9.19. The summed E-state index contributed by atoms with van der Waals surface area (Å²) in [5.74, 6) is 0. The molecule has 0 aliphatic carbocycles. The molecule has 2 aliphatic heterocycles. The number of rotatable bonds is 3. The van der Waals surface area contributed by atoms with Crippen LogP contribution in [0, 0.1) is 0 Å². The number of aliphatic hydroxyl groups excluding tert-OH is 1. The smallest absolute Gasteiger partial charge is 0.0579 e. The molecule has 104 valence electrons. The molecule has 2 atom stereocenters. The SMILES string of the molecule is CNCc1ccc(Cl)cc1N1C2CCC1CC(O)C2. The van der Waals surface area contributed by atoms with E-state index in [4.69, 9.17) is 11.6 Å². The normalized spacial score (nSPS) is 29.8. The minimum absolute atomic E-state index is 0.124. The number of halogens is 1. The van der Waals surface area contributed by atoms with Crippen LogP contribution in [0.1, 0.15) is 31.2 Å². The highest BCUT2D eigenvalue weighted by Gasteiger charge is 2.40. The van der Waals surface area contributed by atoms with E-state index in [1.165, 1.54) is 24.1 Å². The molecule has 2 saturated heterocycles. The van der Waals surface area contributed by atoms with Crippen LogP contribution in [0.2, 0.25) is 5.02 Å². The van der Waals surface area contributed by atoms with Crippen LogP contribution in [-0.4, -0.2) is 30.3 Å². The van der Waals surface area contributed by atoms with E-state index in [0.717, 1.165) is 24.4 Å². The predicted molar refractivity (Wildman–Crippen MR) is 78.7 cm³/mol. The van der Waals surface area contributed by atoms with Gasteiger partial charge in [0.25, 0.3) is 0 Å². The average Bonchev–Trinajstić information content (AvgIpc) is 2.64. The first kappa shape index (κ1) is 13.2. The Morgan fingerprint density at radius 2 is 2.00 bits per heavy atom. The molecule has 0 radical (unpaired) electrons. The Hall–Kier alpha value is -0.770. The van der Waals surface area contributed by atoms with Gasteiger partial charge in [-0.15, -0.1) is 0 Å². The molecule has 0 aromatic heterocycles. The molecule has 2 bridgehead atoms. The third-order valence-electron chi connectivity index (χ3n) is 4.40. The van der Waals surface area contributed by atoms with Gasteiger partial charge in [0.05, 0.1) is 6.10 Å². The zero-order chi connectivity index (χ0) is 13.4. The van der Waals surface area contributed by atoms with Crippen molar-refractivity contribution in [3.63, 3.8) is 0 Å². The molecule has 2 fully saturated rings. The van der Waals surface area contributed by atoms with Gasteiger partial charge in [-0.3, -0.25) is 0 Å². The fourth-order valence-corrected chi connectivity index (χ4v) is 3.83. The minimum atomic E-state index is -0.124. The number of aliphatic hydroxyl groups is 1. The Morgan fingerprint density at radius 3 is 2.63 bits per heavy atom. The molecule has 2 N–H and O–H groups in total. The lowest BCUT2D eigenvalue weighted by Crippen LogP contribution is -2.45. The van der Waals surface area contributed by atoms with Crippen molar-refractivity contribution >= 4 is 17.3 Å². The molecule has 1 aromatic carbocycles. The van der Waals surface area contributed by atoms with Gasteiger partial charge in [-0.25, -0.2) is 0 Å². The maximum Gasteiger partial charge on any atom is 0.0579 e. The summed E-state index contributed by atoms with van der Waals surface area (Å²) in [5.41, 5.74) is 2.54. The summed E-state index contributed by atoms with van der Waals surface area (Å²) in [6.07, 6.45) is 4.03. The summed E-state index contributed by atoms with van der Waals surface area (Å²) in [6, 6.07) is 7.10. The van der Waals surface area contributed by atoms with E-state index in [1.54, 1.807) is 0 Å². The van der Waals surface area contributed by atoms with Crippen molar-refractivity contribution in [2.45, 2.75) is 50.4 Å². The summed E-state index contributed by atoms with van der Waals surface area (Å²) in [4.78, 5) is 2.51. The first-order valence-electron chi connectivity index (χ1n) is 7.08. The van der Waals surface area contributed by atoms with Crippen molar-refractivity contribution in [3.05, 3.63) is 28.8 Å². The largest absolute Gasteiger partial charge is 0.393 e. The number of nitrogens with one attached hydrogen (secondary N) is 1. The van der Waals surface area contributed by atoms with Crippen molar-refractivity contribution in [2.75, 3.05) is 11.9 Å². The Morgan fingerprint density at radius 1 is 1.32 bits per heavy atom. The van der Waals surface area contributed by atoms with E-state index in [9.17, 15) is 5.11 Å². The highest BCUT2D eigenvalue weighted by molar-refractivity contribution is 6.30.